The maximum atomic E-state index is 12.7. The summed E-state index contributed by atoms with van der Waals surface area (Å²) in [6.07, 6.45) is 3.99. The van der Waals surface area contributed by atoms with Crippen molar-refractivity contribution in [2.45, 2.75) is 36.1 Å². The van der Waals surface area contributed by atoms with Gasteiger partial charge in [-0.2, -0.15) is 0 Å². The van der Waals surface area contributed by atoms with Crippen molar-refractivity contribution in [2.75, 3.05) is 6.26 Å². The number of carbonyl (C=O) groups excluding carboxylic acids is 1. The fourth-order valence-electron chi connectivity index (χ4n) is 3.14. The molecule has 0 heterocycles. The van der Waals surface area contributed by atoms with E-state index in [1.807, 2.05) is 30.3 Å². The summed E-state index contributed by atoms with van der Waals surface area (Å²) < 4.78 is 23.0. The molecular weight excluding hydrogens is 322 g/mol. The maximum absolute atomic E-state index is 12.7. The Labute approximate surface area is 142 Å². The molecule has 1 aliphatic rings. The number of carbonyl (C=O) groups is 1. The van der Waals surface area contributed by atoms with Crippen molar-refractivity contribution in [2.24, 2.45) is 0 Å². The quantitative estimate of drug-likeness (QED) is 0.908. The average molecular weight is 343 g/mol. The summed E-state index contributed by atoms with van der Waals surface area (Å²) in [5, 5.41) is 3.01. The van der Waals surface area contributed by atoms with Crippen molar-refractivity contribution < 1.29 is 13.2 Å². The molecule has 0 spiro atoms. The SMILES string of the molecule is CS(=O)(=O)c1ccc(CNC(=O)C2(c3ccccc3)CCC2)cc1. The average Bonchev–Trinajstić information content (AvgIpc) is 2.52. The highest BCUT2D eigenvalue weighted by Gasteiger charge is 2.45. The number of hydrogen-bond acceptors (Lipinski definition) is 3. The molecule has 1 amide bonds. The normalized spacial score (nSPS) is 16.2. The lowest BCUT2D eigenvalue weighted by Crippen LogP contribution is -2.48. The number of hydrogen-bond donors (Lipinski definition) is 1. The van der Waals surface area contributed by atoms with Gasteiger partial charge in [0.2, 0.25) is 5.91 Å². The van der Waals surface area contributed by atoms with Crippen LogP contribution < -0.4 is 5.32 Å². The lowest BCUT2D eigenvalue weighted by atomic mass is 9.64. The van der Waals surface area contributed by atoms with Crippen LogP contribution in [0.15, 0.2) is 59.5 Å². The van der Waals surface area contributed by atoms with Crippen molar-refractivity contribution >= 4 is 15.7 Å². The van der Waals surface area contributed by atoms with Gasteiger partial charge in [0.15, 0.2) is 9.84 Å². The summed E-state index contributed by atoms with van der Waals surface area (Å²) in [7, 11) is -3.19. The van der Waals surface area contributed by atoms with E-state index >= 15 is 0 Å². The first-order valence-corrected chi connectivity index (χ1v) is 9.94. The molecule has 0 bridgehead atoms. The highest BCUT2D eigenvalue weighted by atomic mass is 32.2. The number of benzene rings is 2. The van der Waals surface area contributed by atoms with E-state index in [9.17, 15) is 13.2 Å². The smallest absolute Gasteiger partial charge is 0.230 e. The van der Waals surface area contributed by atoms with Crippen molar-refractivity contribution in [3.8, 4) is 0 Å². The number of nitrogens with one attached hydrogen (secondary N) is 1. The van der Waals surface area contributed by atoms with Gasteiger partial charge < -0.3 is 5.32 Å². The van der Waals surface area contributed by atoms with E-state index in [2.05, 4.69) is 5.32 Å². The van der Waals surface area contributed by atoms with E-state index in [1.165, 1.54) is 6.26 Å². The Balaban J connectivity index is 1.69. The topological polar surface area (TPSA) is 63.2 Å². The zero-order valence-corrected chi connectivity index (χ0v) is 14.5. The molecule has 24 heavy (non-hydrogen) atoms. The van der Waals surface area contributed by atoms with Crippen LogP contribution in [-0.2, 0) is 26.6 Å². The maximum Gasteiger partial charge on any atom is 0.230 e. The molecule has 0 radical (unpaired) electrons. The Morgan fingerprint density at radius 2 is 1.67 bits per heavy atom. The third kappa shape index (κ3) is 3.22. The van der Waals surface area contributed by atoms with Crippen molar-refractivity contribution in [1.82, 2.24) is 5.32 Å². The Morgan fingerprint density at radius 1 is 1.04 bits per heavy atom. The first kappa shape index (κ1) is 16.7. The van der Waals surface area contributed by atoms with Crippen LogP contribution in [0.25, 0.3) is 0 Å². The van der Waals surface area contributed by atoms with E-state index in [1.54, 1.807) is 24.3 Å². The van der Waals surface area contributed by atoms with Crippen LogP contribution in [0.2, 0.25) is 0 Å². The molecule has 2 aromatic rings. The summed E-state index contributed by atoms with van der Waals surface area (Å²) in [5.41, 5.74) is 1.55. The molecule has 2 aromatic carbocycles. The molecule has 0 atom stereocenters. The largest absolute Gasteiger partial charge is 0.351 e. The third-order valence-corrected chi connectivity index (χ3v) is 5.90. The van der Waals surface area contributed by atoms with Gasteiger partial charge in [0.05, 0.1) is 10.3 Å². The van der Waals surface area contributed by atoms with Gasteiger partial charge in [-0.25, -0.2) is 8.42 Å². The second-order valence-corrected chi connectivity index (χ2v) is 8.42. The molecule has 4 nitrogen and oxygen atoms in total. The van der Waals surface area contributed by atoms with Crippen LogP contribution in [-0.4, -0.2) is 20.6 Å². The van der Waals surface area contributed by atoms with Gasteiger partial charge in [-0.05, 0) is 36.1 Å². The highest BCUT2D eigenvalue weighted by Crippen LogP contribution is 2.43. The van der Waals surface area contributed by atoms with E-state index in [-0.39, 0.29) is 10.8 Å². The van der Waals surface area contributed by atoms with Gasteiger partial charge in [-0.3, -0.25) is 4.79 Å². The Bertz CT molecular complexity index is 823. The first-order chi connectivity index (χ1) is 11.4. The molecule has 1 aliphatic carbocycles. The minimum absolute atomic E-state index is 0.0483. The van der Waals surface area contributed by atoms with Gasteiger partial charge >= 0.3 is 0 Å². The van der Waals surface area contributed by atoms with E-state index in [4.69, 9.17) is 0 Å². The molecule has 1 N–H and O–H groups in total. The predicted octanol–water partition coefficient (Wildman–Crippen LogP) is 2.83. The second-order valence-electron chi connectivity index (χ2n) is 6.40. The molecular formula is C19H21NO3S. The van der Waals surface area contributed by atoms with Crippen molar-refractivity contribution in [1.29, 1.82) is 0 Å². The van der Waals surface area contributed by atoms with E-state index in [0.717, 1.165) is 30.4 Å². The fraction of sp³-hybridized carbons (Fsp3) is 0.316. The molecule has 3 rings (SSSR count). The van der Waals surface area contributed by atoms with Crippen molar-refractivity contribution in [3.05, 3.63) is 65.7 Å². The van der Waals surface area contributed by atoms with Gasteiger partial charge in [0.25, 0.3) is 0 Å². The Kier molecular flexibility index (Phi) is 4.45. The zero-order valence-electron chi connectivity index (χ0n) is 13.7. The minimum atomic E-state index is -3.19. The van der Waals surface area contributed by atoms with Gasteiger partial charge in [0.1, 0.15) is 0 Å². The Hall–Kier alpha value is -2.14. The number of rotatable bonds is 5. The molecule has 1 saturated carbocycles. The van der Waals surface area contributed by atoms with Crippen LogP contribution in [0.3, 0.4) is 0 Å². The van der Waals surface area contributed by atoms with Crippen LogP contribution in [0.5, 0.6) is 0 Å². The van der Waals surface area contributed by atoms with Crippen LogP contribution in [0, 0.1) is 0 Å². The number of sulfone groups is 1. The molecule has 5 heteroatoms. The zero-order chi connectivity index (χ0) is 17.2. The number of amides is 1. The fourth-order valence-corrected chi connectivity index (χ4v) is 3.77. The Morgan fingerprint density at radius 3 is 2.17 bits per heavy atom. The molecule has 0 aromatic heterocycles. The van der Waals surface area contributed by atoms with E-state index in [0.29, 0.717) is 6.54 Å². The monoisotopic (exact) mass is 343 g/mol. The van der Waals surface area contributed by atoms with Gasteiger partial charge in [-0.1, -0.05) is 48.9 Å². The molecule has 126 valence electrons. The van der Waals surface area contributed by atoms with Crippen LogP contribution in [0.1, 0.15) is 30.4 Å². The van der Waals surface area contributed by atoms with Gasteiger partial charge in [-0.15, -0.1) is 0 Å². The standard InChI is InChI=1S/C19H21NO3S/c1-24(22,23)17-10-8-15(9-11-17)14-20-18(21)19(12-5-13-19)16-6-3-2-4-7-16/h2-4,6-11H,5,12-14H2,1H3,(H,20,21). The lowest BCUT2D eigenvalue weighted by molar-refractivity contribution is -0.130. The van der Waals surface area contributed by atoms with Gasteiger partial charge in [0, 0.05) is 12.8 Å². The predicted molar refractivity (Wildman–Crippen MR) is 93.4 cm³/mol. The minimum Gasteiger partial charge on any atom is -0.351 e. The summed E-state index contributed by atoms with van der Waals surface area (Å²) in [4.78, 5) is 13.0. The first-order valence-electron chi connectivity index (χ1n) is 8.05. The summed E-state index contributed by atoms with van der Waals surface area (Å²) in [6.45, 7) is 0.400. The lowest BCUT2D eigenvalue weighted by Gasteiger charge is -2.40. The summed E-state index contributed by atoms with van der Waals surface area (Å²) >= 11 is 0. The second kappa shape index (κ2) is 6.40. The molecule has 0 aliphatic heterocycles. The van der Waals surface area contributed by atoms with Crippen LogP contribution in [0.4, 0.5) is 0 Å². The molecule has 0 unspecified atom stereocenters. The molecule has 1 fully saturated rings. The van der Waals surface area contributed by atoms with E-state index < -0.39 is 15.3 Å². The third-order valence-electron chi connectivity index (χ3n) is 4.77. The van der Waals surface area contributed by atoms with Crippen molar-refractivity contribution in [3.63, 3.8) is 0 Å². The summed E-state index contributed by atoms with van der Waals surface area (Å²) in [6, 6.07) is 16.6. The highest BCUT2D eigenvalue weighted by molar-refractivity contribution is 7.90. The molecule has 0 saturated heterocycles. The van der Waals surface area contributed by atoms with Crippen LogP contribution >= 0.6 is 0 Å². The summed E-state index contributed by atoms with van der Waals surface area (Å²) in [5.74, 6) is 0.0483.